The quantitative estimate of drug-likeness (QED) is 0.831. The average molecular weight is 203 g/mol. The fraction of sp³-hybridized carbons (Fsp3) is 0.273. The number of pyridine rings is 1. The van der Waals surface area contributed by atoms with Crippen molar-refractivity contribution in [1.82, 2.24) is 10.1 Å². The Labute approximate surface area is 88.3 Å². The average Bonchev–Trinajstić information content (AvgIpc) is 2.64. The minimum absolute atomic E-state index is 0.659. The summed E-state index contributed by atoms with van der Waals surface area (Å²) in [7, 11) is 0. The largest absolute Gasteiger partial charge is 0.362 e. The highest BCUT2D eigenvalue weighted by molar-refractivity contribution is 5.34. The summed E-state index contributed by atoms with van der Waals surface area (Å²) in [5.74, 6) is 1.55. The summed E-state index contributed by atoms with van der Waals surface area (Å²) in [6.07, 6.45) is 1.85. The summed E-state index contributed by atoms with van der Waals surface area (Å²) in [5.41, 5.74) is 2.15. The lowest BCUT2D eigenvalue weighted by molar-refractivity contribution is 0.399. The molecule has 1 N–H and O–H groups in total. The van der Waals surface area contributed by atoms with E-state index in [9.17, 15) is 0 Å². The third-order valence-electron chi connectivity index (χ3n) is 2.05. The molecule has 78 valence electrons. The van der Waals surface area contributed by atoms with Gasteiger partial charge in [0.1, 0.15) is 5.76 Å². The van der Waals surface area contributed by atoms with E-state index in [1.807, 2.05) is 38.2 Å². The van der Waals surface area contributed by atoms with Gasteiger partial charge in [0.05, 0.1) is 12.2 Å². The van der Waals surface area contributed by atoms with Crippen molar-refractivity contribution in [1.29, 1.82) is 0 Å². The summed E-state index contributed by atoms with van der Waals surface area (Å²) in [4.78, 5) is 4.28. The third kappa shape index (κ3) is 2.56. The number of hydrogen-bond donors (Lipinski definition) is 1. The van der Waals surface area contributed by atoms with Crippen LogP contribution in [0.4, 0.5) is 5.82 Å². The normalized spacial score (nSPS) is 10.3. The SMILES string of the molecule is Cc1ccc(CNc2cc(C)on2)nc1. The number of rotatable bonds is 3. The molecule has 2 aromatic rings. The smallest absolute Gasteiger partial charge is 0.169 e. The maximum absolute atomic E-state index is 4.94. The molecule has 15 heavy (non-hydrogen) atoms. The van der Waals surface area contributed by atoms with E-state index >= 15 is 0 Å². The molecule has 0 fully saturated rings. The van der Waals surface area contributed by atoms with Gasteiger partial charge in [-0.2, -0.15) is 0 Å². The highest BCUT2D eigenvalue weighted by atomic mass is 16.5. The number of nitrogens with one attached hydrogen (secondary N) is 1. The molecular formula is C11H13N3O. The van der Waals surface area contributed by atoms with Crippen molar-refractivity contribution in [3.63, 3.8) is 0 Å². The van der Waals surface area contributed by atoms with Crippen molar-refractivity contribution in [3.8, 4) is 0 Å². The van der Waals surface area contributed by atoms with Crippen LogP contribution in [0.25, 0.3) is 0 Å². The van der Waals surface area contributed by atoms with Crippen LogP contribution in [0.3, 0.4) is 0 Å². The third-order valence-corrected chi connectivity index (χ3v) is 2.05. The molecule has 0 saturated carbocycles. The molecule has 0 aliphatic heterocycles. The van der Waals surface area contributed by atoms with Crippen LogP contribution in [0.2, 0.25) is 0 Å². The van der Waals surface area contributed by atoms with Crippen LogP contribution in [0.5, 0.6) is 0 Å². The molecule has 0 aliphatic rings. The number of hydrogen-bond acceptors (Lipinski definition) is 4. The highest BCUT2D eigenvalue weighted by Gasteiger charge is 1.99. The van der Waals surface area contributed by atoms with Gasteiger partial charge in [-0.15, -0.1) is 0 Å². The first-order valence-electron chi connectivity index (χ1n) is 4.83. The van der Waals surface area contributed by atoms with Gasteiger partial charge in [0.25, 0.3) is 0 Å². The van der Waals surface area contributed by atoms with Gasteiger partial charge in [-0.3, -0.25) is 4.98 Å². The first-order chi connectivity index (χ1) is 7.24. The van der Waals surface area contributed by atoms with Gasteiger partial charge >= 0.3 is 0 Å². The van der Waals surface area contributed by atoms with Crippen LogP contribution in [0.15, 0.2) is 28.9 Å². The predicted molar refractivity (Wildman–Crippen MR) is 57.5 cm³/mol. The monoisotopic (exact) mass is 203 g/mol. The Morgan fingerprint density at radius 3 is 2.80 bits per heavy atom. The van der Waals surface area contributed by atoms with Gasteiger partial charge < -0.3 is 9.84 Å². The summed E-state index contributed by atoms with van der Waals surface area (Å²) < 4.78 is 4.94. The molecule has 2 heterocycles. The predicted octanol–water partition coefficient (Wildman–Crippen LogP) is 2.30. The second kappa shape index (κ2) is 4.13. The topological polar surface area (TPSA) is 51.0 Å². The Bertz CT molecular complexity index is 433. The summed E-state index contributed by atoms with van der Waals surface area (Å²) in [6, 6.07) is 5.89. The van der Waals surface area contributed by atoms with E-state index < -0.39 is 0 Å². The fourth-order valence-corrected chi connectivity index (χ4v) is 1.23. The molecular weight excluding hydrogens is 190 g/mol. The van der Waals surface area contributed by atoms with Crippen LogP contribution in [0, 0.1) is 13.8 Å². The van der Waals surface area contributed by atoms with E-state index in [1.54, 1.807) is 0 Å². The van der Waals surface area contributed by atoms with Gasteiger partial charge in [0.2, 0.25) is 0 Å². The van der Waals surface area contributed by atoms with Gasteiger partial charge in [0, 0.05) is 12.3 Å². The number of aromatic nitrogens is 2. The van der Waals surface area contributed by atoms with E-state index in [0.29, 0.717) is 6.54 Å². The molecule has 4 nitrogen and oxygen atoms in total. The molecule has 0 aromatic carbocycles. The van der Waals surface area contributed by atoms with Gasteiger partial charge in [-0.1, -0.05) is 11.2 Å². The molecule has 2 aromatic heterocycles. The molecule has 0 atom stereocenters. The van der Waals surface area contributed by atoms with Crippen LogP contribution in [-0.2, 0) is 6.54 Å². The van der Waals surface area contributed by atoms with E-state index in [-0.39, 0.29) is 0 Å². The zero-order chi connectivity index (χ0) is 10.7. The molecule has 0 unspecified atom stereocenters. The van der Waals surface area contributed by atoms with Crippen molar-refractivity contribution >= 4 is 5.82 Å². The highest BCUT2D eigenvalue weighted by Crippen LogP contribution is 2.08. The molecule has 2 rings (SSSR count). The van der Waals surface area contributed by atoms with Crippen LogP contribution < -0.4 is 5.32 Å². The minimum atomic E-state index is 0.659. The summed E-state index contributed by atoms with van der Waals surface area (Å²) in [5, 5.41) is 6.97. The Morgan fingerprint density at radius 2 is 2.20 bits per heavy atom. The van der Waals surface area contributed by atoms with E-state index in [4.69, 9.17) is 4.52 Å². The van der Waals surface area contributed by atoms with Crippen molar-refractivity contribution in [3.05, 3.63) is 41.4 Å². The lowest BCUT2D eigenvalue weighted by atomic mass is 10.3. The van der Waals surface area contributed by atoms with Gasteiger partial charge in [-0.25, -0.2) is 0 Å². The van der Waals surface area contributed by atoms with E-state index in [1.165, 1.54) is 0 Å². The lowest BCUT2D eigenvalue weighted by Gasteiger charge is -2.01. The maximum Gasteiger partial charge on any atom is 0.169 e. The molecule has 0 aliphatic carbocycles. The molecule has 4 heteroatoms. The van der Waals surface area contributed by atoms with Crippen LogP contribution in [-0.4, -0.2) is 10.1 Å². The van der Waals surface area contributed by atoms with Gasteiger partial charge in [-0.05, 0) is 25.5 Å². The van der Waals surface area contributed by atoms with E-state index in [0.717, 1.165) is 22.8 Å². The molecule has 0 bridgehead atoms. The van der Waals surface area contributed by atoms with Crippen LogP contribution in [0.1, 0.15) is 17.0 Å². The minimum Gasteiger partial charge on any atom is -0.362 e. The Kier molecular flexibility index (Phi) is 2.67. The molecule has 0 amide bonds. The number of anilines is 1. The zero-order valence-electron chi connectivity index (χ0n) is 8.82. The lowest BCUT2D eigenvalue weighted by Crippen LogP contribution is -2.01. The van der Waals surface area contributed by atoms with Gasteiger partial charge in [0.15, 0.2) is 5.82 Å². The first kappa shape index (κ1) is 9.71. The van der Waals surface area contributed by atoms with Crippen molar-refractivity contribution < 1.29 is 4.52 Å². The Hall–Kier alpha value is -1.84. The second-order valence-corrected chi connectivity index (χ2v) is 3.50. The van der Waals surface area contributed by atoms with Crippen molar-refractivity contribution in [2.24, 2.45) is 0 Å². The standard InChI is InChI=1S/C11H13N3O/c1-8-3-4-10(12-6-8)7-13-11-5-9(2)15-14-11/h3-6H,7H2,1-2H3,(H,13,14). The molecule has 0 spiro atoms. The Morgan fingerprint density at radius 1 is 1.33 bits per heavy atom. The van der Waals surface area contributed by atoms with Crippen LogP contribution >= 0.6 is 0 Å². The van der Waals surface area contributed by atoms with E-state index in [2.05, 4.69) is 15.5 Å². The summed E-state index contributed by atoms with van der Waals surface area (Å²) >= 11 is 0. The zero-order valence-corrected chi connectivity index (χ0v) is 8.82. The second-order valence-electron chi connectivity index (χ2n) is 3.50. The van der Waals surface area contributed by atoms with Crippen molar-refractivity contribution in [2.75, 3.05) is 5.32 Å². The number of nitrogens with zero attached hydrogens (tertiary/aromatic N) is 2. The summed E-state index contributed by atoms with van der Waals surface area (Å²) in [6.45, 7) is 4.54. The first-order valence-corrected chi connectivity index (χ1v) is 4.83. The molecule has 0 radical (unpaired) electrons. The fourth-order valence-electron chi connectivity index (χ4n) is 1.23. The molecule has 0 saturated heterocycles. The Balaban J connectivity index is 1.96. The van der Waals surface area contributed by atoms with Crippen molar-refractivity contribution in [2.45, 2.75) is 20.4 Å². The maximum atomic E-state index is 4.94. The number of aryl methyl sites for hydroxylation is 2.